The Morgan fingerprint density at radius 2 is 0.750 bits per heavy atom. The van der Waals surface area contributed by atoms with E-state index in [2.05, 4.69) is 0 Å². The third-order valence-corrected chi connectivity index (χ3v) is 8.92. The molecule has 15 atom stereocenters. The fourth-order valence-electron chi connectivity index (χ4n) is 6.54. The van der Waals surface area contributed by atoms with Crippen LogP contribution < -0.4 is 0 Å². The lowest BCUT2D eigenvalue weighted by molar-refractivity contribution is -0.375. The Labute approximate surface area is 342 Å². The second-order valence-corrected chi connectivity index (χ2v) is 14.8. The van der Waals surface area contributed by atoms with Gasteiger partial charge in [-0.3, -0.25) is 42.9 Å². The number of ether oxygens (including phenoxy) is 13. The molecular formula is C34H49O25P. The van der Waals surface area contributed by atoms with Crippen LogP contribution >= 0.6 is 7.82 Å². The van der Waals surface area contributed by atoms with Crippen LogP contribution in [0.15, 0.2) is 0 Å². The van der Waals surface area contributed by atoms with E-state index in [1.807, 2.05) is 0 Å². The van der Waals surface area contributed by atoms with Crippen molar-refractivity contribution >= 4 is 55.6 Å². The second kappa shape index (κ2) is 21.5. The zero-order valence-corrected chi connectivity index (χ0v) is 35.0. The molecule has 3 aliphatic heterocycles. The van der Waals surface area contributed by atoms with Crippen molar-refractivity contribution in [3.63, 3.8) is 0 Å². The average molecular weight is 889 g/mol. The van der Waals surface area contributed by atoms with Crippen molar-refractivity contribution in [3.8, 4) is 0 Å². The lowest BCUT2D eigenvalue weighted by Crippen LogP contribution is -2.68. The molecular weight excluding hydrogens is 839 g/mol. The Morgan fingerprint density at radius 1 is 0.433 bits per heavy atom. The molecule has 60 heavy (non-hydrogen) atoms. The van der Waals surface area contributed by atoms with E-state index >= 15 is 0 Å². The number of hydrogen-bond acceptors (Lipinski definition) is 23. The fraction of sp³-hybridized carbons (Fsp3) is 0.765. The molecule has 3 fully saturated rings. The first-order chi connectivity index (χ1) is 27.8. The summed E-state index contributed by atoms with van der Waals surface area (Å²) in [6.45, 7) is 9.89. The van der Waals surface area contributed by atoms with Crippen LogP contribution in [0, 0.1) is 0 Å². The number of rotatable bonds is 15. The molecule has 0 spiro atoms. The highest BCUT2D eigenvalue weighted by Gasteiger charge is 2.59. The lowest BCUT2D eigenvalue weighted by atomic mass is 9.95. The smallest absolute Gasteiger partial charge is 0.463 e. The Balaban J connectivity index is 2.25. The standard InChI is InChI=1S/C34H49O25P/c1-12-23(49-15(4)36)26(52-18(7)39)29(53-19(8)40)32(47-12)57-27-24(50-16(5)37)13(2)48-33(30(27)54-20(9)41)58-28-25(51-17(6)38)22(11-46-14(3)35)56-34(59-60(43,44)45)31(28)55-21(10)42/h12-13,22-34H,11H2,1-10H3,(H2,43,44,45)/t12-,13-,22+,23-,24-,25-,26+,27+,28-,29+,30+,31+,32-,33-,34+/m0/s1. The first-order valence-electron chi connectivity index (χ1n) is 18.1. The molecule has 0 saturated carbocycles. The Morgan fingerprint density at radius 3 is 1.13 bits per heavy atom. The van der Waals surface area contributed by atoms with Gasteiger partial charge in [-0.25, -0.2) is 4.57 Å². The number of carbonyl (C=O) groups excluding carboxylic acids is 8. The highest BCUT2D eigenvalue weighted by molar-refractivity contribution is 7.46. The molecule has 0 aromatic carbocycles. The first-order valence-corrected chi connectivity index (χ1v) is 19.7. The largest absolute Gasteiger partial charge is 0.472 e. The van der Waals surface area contributed by atoms with E-state index in [9.17, 15) is 52.7 Å². The van der Waals surface area contributed by atoms with Gasteiger partial charge in [0, 0.05) is 55.4 Å². The van der Waals surface area contributed by atoms with Crippen LogP contribution in [0.3, 0.4) is 0 Å². The third kappa shape index (κ3) is 14.4. The summed E-state index contributed by atoms with van der Waals surface area (Å²) in [5, 5.41) is 0. The highest BCUT2D eigenvalue weighted by atomic mass is 31.2. The van der Waals surface area contributed by atoms with Gasteiger partial charge in [0.05, 0.1) is 12.2 Å². The van der Waals surface area contributed by atoms with Crippen molar-refractivity contribution in [1.82, 2.24) is 0 Å². The molecule has 3 rings (SSSR count). The molecule has 340 valence electrons. The summed E-state index contributed by atoms with van der Waals surface area (Å²) in [7, 11) is -5.50. The molecule has 0 aromatic rings. The number of esters is 8. The van der Waals surface area contributed by atoms with Crippen LogP contribution in [-0.4, -0.2) is 156 Å². The maximum atomic E-state index is 12.8. The number of carbonyl (C=O) groups is 8. The van der Waals surface area contributed by atoms with Crippen LogP contribution in [-0.2, 0) is 109 Å². The van der Waals surface area contributed by atoms with Gasteiger partial charge in [0.1, 0.15) is 24.9 Å². The molecule has 0 amide bonds. The molecule has 0 unspecified atom stereocenters. The summed E-state index contributed by atoms with van der Waals surface area (Å²) in [6, 6.07) is 0. The molecule has 0 aromatic heterocycles. The van der Waals surface area contributed by atoms with E-state index < -0.39 is 154 Å². The van der Waals surface area contributed by atoms with E-state index in [0.717, 1.165) is 55.4 Å². The van der Waals surface area contributed by atoms with Gasteiger partial charge in [0.2, 0.25) is 6.29 Å². The van der Waals surface area contributed by atoms with Gasteiger partial charge in [0.15, 0.2) is 55.3 Å². The predicted molar refractivity (Wildman–Crippen MR) is 186 cm³/mol. The van der Waals surface area contributed by atoms with Crippen LogP contribution in [0.1, 0.15) is 69.2 Å². The monoisotopic (exact) mass is 888 g/mol. The molecule has 3 saturated heterocycles. The van der Waals surface area contributed by atoms with Crippen LogP contribution in [0.25, 0.3) is 0 Å². The summed E-state index contributed by atoms with van der Waals surface area (Å²) < 4.78 is 90.4. The summed E-state index contributed by atoms with van der Waals surface area (Å²) in [5.41, 5.74) is 0. The molecule has 3 aliphatic rings. The van der Waals surface area contributed by atoms with Gasteiger partial charge in [-0.15, -0.1) is 0 Å². The minimum absolute atomic E-state index is 0.761. The molecule has 0 aliphatic carbocycles. The second-order valence-electron chi connectivity index (χ2n) is 13.6. The maximum Gasteiger partial charge on any atom is 0.472 e. The zero-order valence-electron chi connectivity index (χ0n) is 34.1. The van der Waals surface area contributed by atoms with E-state index in [1.54, 1.807) is 0 Å². The van der Waals surface area contributed by atoms with Gasteiger partial charge in [-0.1, -0.05) is 0 Å². The van der Waals surface area contributed by atoms with Crippen molar-refractivity contribution in [1.29, 1.82) is 0 Å². The van der Waals surface area contributed by atoms with Gasteiger partial charge in [0.25, 0.3) is 0 Å². The van der Waals surface area contributed by atoms with E-state index in [1.165, 1.54) is 13.8 Å². The Bertz CT molecular complexity index is 1650. The average Bonchev–Trinajstić information content (AvgIpc) is 3.07. The van der Waals surface area contributed by atoms with Crippen molar-refractivity contribution in [2.75, 3.05) is 6.61 Å². The Kier molecular flexibility index (Phi) is 17.9. The van der Waals surface area contributed by atoms with Crippen LogP contribution in [0.2, 0.25) is 0 Å². The van der Waals surface area contributed by atoms with Crippen molar-refractivity contribution < 1.29 is 119 Å². The van der Waals surface area contributed by atoms with Gasteiger partial charge in [-0.2, -0.15) is 0 Å². The lowest BCUT2D eigenvalue weighted by Gasteiger charge is -2.50. The fourth-order valence-corrected chi connectivity index (χ4v) is 6.98. The molecule has 0 radical (unpaired) electrons. The maximum absolute atomic E-state index is 12.8. The molecule has 26 heteroatoms. The van der Waals surface area contributed by atoms with Gasteiger partial charge in [-0.05, 0) is 13.8 Å². The van der Waals surface area contributed by atoms with E-state index in [4.69, 9.17) is 66.1 Å². The van der Waals surface area contributed by atoms with Crippen molar-refractivity contribution in [2.24, 2.45) is 0 Å². The first kappa shape index (κ1) is 50.0. The van der Waals surface area contributed by atoms with E-state index in [0.29, 0.717) is 0 Å². The zero-order chi connectivity index (χ0) is 45.4. The van der Waals surface area contributed by atoms with E-state index in [-0.39, 0.29) is 0 Å². The summed E-state index contributed by atoms with van der Waals surface area (Å²) in [6.07, 6.45) is -25.9. The normalized spacial score (nSPS) is 34.2. The molecule has 2 N–H and O–H groups in total. The predicted octanol–water partition coefficient (Wildman–Crippen LogP) is -0.834. The van der Waals surface area contributed by atoms with Crippen molar-refractivity contribution in [3.05, 3.63) is 0 Å². The number of phosphoric ester groups is 1. The number of hydrogen-bond donors (Lipinski definition) is 2. The van der Waals surface area contributed by atoms with Crippen LogP contribution in [0.4, 0.5) is 0 Å². The Hall–Kier alpha value is -4.33. The van der Waals surface area contributed by atoms with Crippen molar-refractivity contribution in [2.45, 2.75) is 161 Å². The molecule has 3 heterocycles. The van der Waals surface area contributed by atoms with Crippen LogP contribution in [0.5, 0.6) is 0 Å². The SMILES string of the molecule is CC(=O)OC[C@H]1O[C@H](OP(=O)(O)O)[C@H](OC(C)=O)[C@@H](O[C@@H]2O[C@@H](C)[C@H](OC(C)=O)[C@@H](O[C@@H]3O[C@@H](C)[C@H](OC(C)=O)[C@@H](OC(C)=O)[C@H]3OC(C)=O)[C@H]2OC(C)=O)[C@H]1OC(C)=O. The highest BCUT2D eigenvalue weighted by Crippen LogP contribution is 2.43. The molecule has 25 nitrogen and oxygen atoms in total. The van der Waals surface area contributed by atoms with Gasteiger partial charge >= 0.3 is 55.6 Å². The molecule has 0 bridgehead atoms. The third-order valence-electron chi connectivity index (χ3n) is 8.43. The number of phosphoric acid groups is 1. The topological polar surface area (TPSA) is 323 Å². The summed E-state index contributed by atoms with van der Waals surface area (Å²) in [4.78, 5) is 118. The summed E-state index contributed by atoms with van der Waals surface area (Å²) >= 11 is 0. The summed E-state index contributed by atoms with van der Waals surface area (Å²) in [5.74, 6) is -7.62. The van der Waals surface area contributed by atoms with Gasteiger partial charge < -0.3 is 71.4 Å². The minimum Gasteiger partial charge on any atom is -0.463 e. The minimum atomic E-state index is -5.50. The quantitative estimate of drug-likeness (QED) is 0.115.